The average Bonchev–Trinajstić information content (AvgIpc) is 3.31. The van der Waals surface area contributed by atoms with Gasteiger partial charge in [0.05, 0.1) is 6.20 Å². The minimum absolute atomic E-state index is 0.177. The molecule has 28 heavy (non-hydrogen) atoms. The van der Waals surface area contributed by atoms with E-state index in [9.17, 15) is 9.90 Å². The molecular weight excluding hydrogens is 378 g/mol. The smallest absolute Gasteiger partial charge is 0.269 e. The van der Waals surface area contributed by atoms with E-state index in [1.54, 1.807) is 16.8 Å². The summed E-state index contributed by atoms with van der Waals surface area (Å²) in [4.78, 5) is 23.1. The average molecular weight is 400 g/mol. The number of hydrogen-bond acceptors (Lipinski definition) is 5. The number of imidazole rings is 1. The Hall–Kier alpha value is -2.48. The van der Waals surface area contributed by atoms with Crippen LogP contribution in [-0.2, 0) is 0 Å². The number of halogens is 1. The van der Waals surface area contributed by atoms with Crippen molar-refractivity contribution >= 4 is 23.2 Å². The molecule has 1 atom stereocenters. The van der Waals surface area contributed by atoms with E-state index in [4.69, 9.17) is 11.6 Å². The number of hydrogen-bond donors (Lipinski definition) is 2. The molecule has 0 saturated carbocycles. The molecule has 0 spiro atoms. The summed E-state index contributed by atoms with van der Waals surface area (Å²) in [5.41, 5.74) is 2.82. The third-order valence-corrected chi connectivity index (χ3v) is 5.35. The lowest BCUT2D eigenvalue weighted by Gasteiger charge is -2.19. The van der Waals surface area contributed by atoms with Crippen molar-refractivity contribution in [1.82, 2.24) is 24.6 Å². The van der Waals surface area contributed by atoms with Gasteiger partial charge in [-0.1, -0.05) is 11.6 Å². The number of aliphatic hydroxyl groups is 1. The van der Waals surface area contributed by atoms with Crippen molar-refractivity contribution in [2.45, 2.75) is 25.5 Å². The Balaban J connectivity index is 1.45. The van der Waals surface area contributed by atoms with E-state index in [0.717, 1.165) is 43.5 Å². The first-order valence-corrected chi connectivity index (χ1v) is 9.79. The topological polar surface area (TPSA) is 82.8 Å². The van der Waals surface area contributed by atoms with Crippen molar-refractivity contribution in [3.63, 3.8) is 0 Å². The van der Waals surface area contributed by atoms with Crippen molar-refractivity contribution in [3.8, 4) is 11.1 Å². The van der Waals surface area contributed by atoms with Crippen molar-refractivity contribution in [2.24, 2.45) is 0 Å². The van der Waals surface area contributed by atoms with E-state index in [1.165, 1.54) is 0 Å². The Kier molecular flexibility index (Phi) is 5.57. The molecule has 146 valence electrons. The molecule has 3 aromatic rings. The van der Waals surface area contributed by atoms with Crippen molar-refractivity contribution in [2.75, 3.05) is 19.6 Å². The van der Waals surface area contributed by atoms with E-state index < -0.39 is 0 Å². The number of likely N-dealkylation sites (tertiary alicyclic amines) is 1. The Morgan fingerprint density at radius 2 is 2.21 bits per heavy atom. The van der Waals surface area contributed by atoms with Crippen molar-refractivity contribution in [1.29, 1.82) is 0 Å². The summed E-state index contributed by atoms with van der Waals surface area (Å²) < 4.78 is 1.76. The Bertz CT molecular complexity index is 990. The fraction of sp³-hybridized carbons (Fsp3) is 0.350. The summed E-state index contributed by atoms with van der Waals surface area (Å²) in [6.07, 6.45) is 7.37. The molecule has 0 aliphatic carbocycles. The van der Waals surface area contributed by atoms with Gasteiger partial charge in [0.25, 0.3) is 5.91 Å². The highest BCUT2D eigenvalue weighted by atomic mass is 35.5. The van der Waals surface area contributed by atoms with Gasteiger partial charge in [0, 0.05) is 43.2 Å². The molecule has 1 fully saturated rings. The van der Waals surface area contributed by atoms with Crippen molar-refractivity contribution in [3.05, 3.63) is 53.7 Å². The van der Waals surface area contributed by atoms with Gasteiger partial charge in [0.2, 0.25) is 0 Å². The van der Waals surface area contributed by atoms with E-state index in [-0.39, 0.29) is 12.1 Å². The van der Waals surface area contributed by atoms with E-state index in [2.05, 4.69) is 15.3 Å². The van der Waals surface area contributed by atoms with E-state index in [1.807, 2.05) is 35.4 Å². The molecule has 1 amide bonds. The highest BCUT2D eigenvalue weighted by molar-refractivity contribution is 6.32. The Morgan fingerprint density at radius 3 is 3.00 bits per heavy atom. The molecule has 1 unspecified atom stereocenters. The van der Waals surface area contributed by atoms with Crippen LogP contribution in [0.1, 0.15) is 29.8 Å². The number of fused-ring (bicyclic) bond motifs is 1. The first-order chi connectivity index (χ1) is 13.6. The lowest BCUT2D eigenvalue weighted by atomic mass is 10.1. The molecule has 2 N–H and O–H groups in total. The van der Waals surface area contributed by atoms with Gasteiger partial charge in [-0.15, -0.1) is 0 Å². The van der Waals surface area contributed by atoms with Gasteiger partial charge < -0.3 is 10.4 Å². The fourth-order valence-corrected chi connectivity index (χ4v) is 3.78. The van der Waals surface area contributed by atoms with Crippen molar-refractivity contribution < 1.29 is 9.90 Å². The van der Waals surface area contributed by atoms with Crippen LogP contribution in [-0.4, -0.2) is 56.1 Å². The zero-order valence-electron chi connectivity index (χ0n) is 15.4. The zero-order valence-corrected chi connectivity index (χ0v) is 16.1. The SMILES string of the molecule is O=C(NCCCN1CCCC1O)c1cnc2ccc(-c3cccnc3Cl)cn12. The normalized spacial score (nSPS) is 17.3. The molecule has 4 rings (SSSR count). The Morgan fingerprint density at radius 1 is 1.32 bits per heavy atom. The van der Waals surface area contributed by atoms with Crippen LogP contribution in [0.5, 0.6) is 0 Å². The summed E-state index contributed by atoms with van der Waals surface area (Å²) in [5.74, 6) is -0.177. The molecule has 3 aromatic heterocycles. The number of nitrogens with one attached hydrogen (secondary N) is 1. The quantitative estimate of drug-likeness (QED) is 0.491. The first-order valence-electron chi connectivity index (χ1n) is 9.42. The second-order valence-electron chi connectivity index (χ2n) is 6.90. The highest BCUT2D eigenvalue weighted by Gasteiger charge is 2.21. The molecule has 1 aliphatic rings. The van der Waals surface area contributed by atoms with Crippen LogP contribution in [0.4, 0.5) is 0 Å². The summed E-state index contributed by atoms with van der Waals surface area (Å²) >= 11 is 6.20. The van der Waals surface area contributed by atoms with Gasteiger partial charge in [-0.25, -0.2) is 9.97 Å². The monoisotopic (exact) mass is 399 g/mol. The molecule has 0 bridgehead atoms. The lowest BCUT2D eigenvalue weighted by molar-refractivity contribution is 0.0377. The van der Waals surface area contributed by atoms with Crippen LogP contribution >= 0.6 is 11.6 Å². The Labute approximate surface area is 168 Å². The maximum atomic E-state index is 12.6. The molecule has 7 nitrogen and oxygen atoms in total. The van der Waals surface area contributed by atoms with Gasteiger partial charge in [0.15, 0.2) is 0 Å². The van der Waals surface area contributed by atoms with Crippen LogP contribution in [0, 0.1) is 0 Å². The predicted molar refractivity (Wildman–Crippen MR) is 107 cm³/mol. The molecule has 1 saturated heterocycles. The van der Waals surface area contributed by atoms with Gasteiger partial charge in [0.1, 0.15) is 22.7 Å². The van der Waals surface area contributed by atoms with Crippen LogP contribution in [0.2, 0.25) is 5.15 Å². The maximum Gasteiger partial charge on any atom is 0.269 e. The standard InChI is InChI=1S/C20H22ClN5O2/c21-19-15(4-1-8-22-19)14-6-7-17-24-12-16(26(17)13-14)20(28)23-9-3-11-25-10-2-5-18(25)27/h1,4,6-8,12-13,18,27H,2-3,5,9-11H2,(H,23,28). The molecule has 8 heteroatoms. The third-order valence-electron chi connectivity index (χ3n) is 5.05. The minimum Gasteiger partial charge on any atom is -0.378 e. The second kappa shape index (κ2) is 8.26. The number of amides is 1. The summed E-state index contributed by atoms with van der Waals surface area (Å²) in [6, 6.07) is 7.47. The second-order valence-corrected chi connectivity index (χ2v) is 7.26. The third kappa shape index (κ3) is 3.87. The fourth-order valence-electron chi connectivity index (χ4n) is 3.55. The first kappa shape index (κ1) is 18.9. The molecule has 4 heterocycles. The zero-order chi connectivity index (χ0) is 19.5. The highest BCUT2D eigenvalue weighted by Crippen LogP contribution is 2.26. The number of pyridine rings is 2. The number of rotatable bonds is 6. The molecule has 0 aromatic carbocycles. The minimum atomic E-state index is -0.341. The predicted octanol–water partition coefficient (Wildman–Crippen LogP) is 2.58. The maximum absolute atomic E-state index is 12.6. The van der Waals surface area contributed by atoms with E-state index in [0.29, 0.717) is 23.0 Å². The number of aliphatic hydroxyl groups excluding tert-OH is 1. The summed E-state index contributed by atoms with van der Waals surface area (Å²) in [5, 5.41) is 13.2. The lowest BCUT2D eigenvalue weighted by Crippen LogP contribution is -2.33. The molecular formula is C20H22ClN5O2. The van der Waals surface area contributed by atoms with Crippen LogP contribution in [0.3, 0.4) is 0 Å². The van der Waals surface area contributed by atoms with Gasteiger partial charge >= 0.3 is 0 Å². The number of aromatic nitrogens is 3. The largest absolute Gasteiger partial charge is 0.378 e. The van der Waals surface area contributed by atoms with Gasteiger partial charge in [-0.3, -0.25) is 14.1 Å². The van der Waals surface area contributed by atoms with Gasteiger partial charge in [-0.05, 0) is 43.5 Å². The molecule has 0 radical (unpaired) electrons. The number of carbonyl (C=O) groups is 1. The number of carbonyl (C=O) groups excluding carboxylic acids is 1. The summed E-state index contributed by atoms with van der Waals surface area (Å²) in [6.45, 7) is 2.24. The summed E-state index contributed by atoms with van der Waals surface area (Å²) in [7, 11) is 0. The van der Waals surface area contributed by atoms with Crippen LogP contribution in [0.25, 0.3) is 16.8 Å². The van der Waals surface area contributed by atoms with Gasteiger partial charge in [-0.2, -0.15) is 0 Å². The van der Waals surface area contributed by atoms with Crippen LogP contribution in [0.15, 0.2) is 42.9 Å². The van der Waals surface area contributed by atoms with Crippen LogP contribution < -0.4 is 5.32 Å². The van der Waals surface area contributed by atoms with E-state index >= 15 is 0 Å². The molecule has 1 aliphatic heterocycles. The number of nitrogens with zero attached hydrogens (tertiary/aromatic N) is 4.